The third-order valence-corrected chi connectivity index (χ3v) is 1.91. The molecule has 0 radical (unpaired) electrons. The maximum atomic E-state index is 9.67. The van der Waals surface area contributed by atoms with Gasteiger partial charge in [-0.05, 0) is 19.9 Å². The summed E-state index contributed by atoms with van der Waals surface area (Å²) in [5, 5.41) is 18.7. The molecular weight excluding hydrogens is 196 g/mol. The Hall–Kier alpha value is -1.42. The Morgan fingerprint density at radius 2 is 1.80 bits per heavy atom. The Morgan fingerprint density at radius 1 is 1.13 bits per heavy atom. The molecule has 0 aromatic heterocycles. The van der Waals surface area contributed by atoms with Crippen molar-refractivity contribution in [3.63, 3.8) is 0 Å². The molecule has 0 aliphatic heterocycles. The molecule has 0 aliphatic rings. The van der Waals surface area contributed by atoms with Gasteiger partial charge in [-0.2, -0.15) is 0 Å². The van der Waals surface area contributed by atoms with Gasteiger partial charge in [-0.3, -0.25) is 0 Å². The van der Waals surface area contributed by atoms with Gasteiger partial charge in [0.05, 0.1) is 19.8 Å². The van der Waals surface area contributed by atoms with Crippen LogP contribution >= 0.6 is 0 Å². The first-order valence-corrected chi connectivity index (χ1v) is 4.95. The largest absolute Gasteiger partial charge is 0.504 e. The van der Waals surface area contributed by atoms with Gasteiger partial charge < -0.3 is 19.7 Å². The van der Waals surface area contributed by atoms with Gasteiger partial charge in [0.15, 0.2) is 11.5 Å². The predicted octanol–water partition coefficient (Wildman–Crippen LogP) is 1.68. The average molecular weight is 212 g/mol. The smallest absolute Gasteiger partial charge is 0.164 e. The number of aliphatic hydroxyl groups excluding tert-OH is 1. The highest BCUT2D eigenvalue weighted by Gasteiger charge is 2.10. The molecule has 0 saturated heterocycles. The normalized spacial score (nSPS) is 10.1. The van der Waals surface area contributed by atoms with Crippen LogP contribution in [0.5, 0.6) is 17.2 Å². The van der Waals surface area contributed by atoms with Crippen LogP contribution in [0.4, 0.5) is 0 Å². The standard InChI is InChI=1S/C11H16O4/c1-3-14-9-5-8(7-12)11(13)10(6-9)15-4-2/h5-6,12-13H,3-4,7H2,1-2H3. The quantitative estimate of drug-likeness (QED) is 0.779. The third kappa shape index (κ3) is 2.76. The van der Waals surface area contributed by atoms with Gasteiger partial charge in [-0.25, -0.2) is 0 Å². The lowest BCUT2D eigenvalue weighted by molar-refractivity contribution is 0.265. The molecule has 1 aromatic carbocycles. The fourth-order valence-electron chi connectivity index (χ4n) is 1.27. The van der Waals surface area contributed by atoms with Crippen molar-refractivity contribution in [1.82, 2.24) is 0 Å². The highest BCUT2D eigenvalue weighted by Crippen LogP contribution is 2.34. The van der Waals surface area contributed by atoms with Crippen molar-refractivity contribution < 1.29 is 19.7 Å². The minimum absolute atomic E-state index is 0.0252. The molecule has 2 N–H and O–H groups in total. The Labute approximate surface area is 89.1 Å². The lowest BCUT2D eigenvalue weighted by Gasteiger charge is -2.12. The molecule has 0 heterocycles. The summed E-state index contributed by atoms with van der Waals surface area (Å²) < 4.78 is 10.5. The molecule has 1 aromatic rings. The molecule has 0 atom stereocenters. The summed E-state index contributed by atoms with van der Waals surface area (Å²) >= 11 is 0. The van der Waals surface area contributed by atoms with Gasteiger partial charge in [-0.1, -0.05) is 0 Å². The van der Waals surface area contributed by atoms with Crippen LogP contribution in [0, 0.1) is 0 Å². The third-order valence-electron chi connectivity index (χ3n) is 1.91. The van der Waals surface area contributed by atoms with Crippen LogP contribution in [0.15, 0.2) is 12.1 Å². The second-order valence-electron chi connectivity index (χ2n) is 2.95. The predicted molar refractivity (Wildman–Crippen MR) is 56.4 cm³/mol. The number of hydrogen-bond acceptors (Lipinski definition) is 4. The lowest BCUT2D eigenvalue weighted by Crippen LogP contribution is -1.98. The molecule has 0 spiro atoms. The maximum Gasteiger partial charge on any atom is 0.164 e. The number of benzene rings is 1. The fourth-order valence-corrected chi connectivity index (χ4v) is 1.27. The Morgan fingerprint density at radius 3 is 2.33 bits per heavy atom. The van der Waals surface area contributed by atoms with Gasteiger partial charge in [0.25, 0.3) is 0 Å². The van der Waals surface area contributed by atoms with E-state index in [1.165, 1.54) is 0 Å². The summed E-state index contributed by atoms with van der Waals surface area (Å²) in [7, 11) is 0. The number of aromatic hydroxyl groups is 1. The number of aliphatic hydroxyl groups is 1. The minimum Gasteiger partial charge on any atom is -0.504 e. The zero-order valence-corrected chi connectivity index (χ0v) is 8.99. The monoisotopic (exact) mass is 212 g/mol. The zero-order valence-electron chi connectivity index (χ0n) is 8.99. The molecule has 1 rings (SSSR count). The number of phenols is 1. The van der Waals surface area contributed by atoms with Crippen LogP contribution in [0.1, 0.15) is 19.4 Å². The fraction of sp³-hybridized carbons (Fsp3) is 0.455. The summed E-state index contributed by atoms with van der Waals surface area (Å²) in [5.74, 6) is 0.901. The highest BCUT2D eigenvalue weighted by molar-refractivity contribution is 5.50. The van der Waals surface area contributed by atoms with E-state index < -0.39 is 0 Å². The van der Waals surface area contributed by atoms with Crippen molar-refractivity contribution in [2.45, 2.75) is 20.5 Å². The van der Waals surface area contributed by atoms with Crippen LogP contribution in [-0.2, 0) is 6.61 Å². The number of hydrogen-bond donors (Lipinski definition) is 2. The van der Waals surface area contributed by atoms with Crippen molar-refractivity contribution in [1.29, 1.82) is 0 Å². The first-order valence-electron chi connectivity index (χ1n) is 4.95. The number of ether oxygens (including phenoxy) is 2. The number of rotatable bonds is 5. The SMILES string of the molecule is CCOc1cc(CO)c(O)c(OCC)c1. The average Bonchev–Trinajstić information content (AvgIpc) is 2.23. The maximum absolute atomic E-state index is 9.67. The summed E-state index contributed by atoms with van der Waals surface area (Å²) in [6.45, 7) is 4.43. The Bertz CT molecular complexity index is 323. The first kappa shape index (κ1) is 11.7. The van der Waals surface area contributed by atoms with Crippen LogP contribution in [-0.4, -0.2) is 23.4 Å². The molecular formula is C11H16O4. The summed E-state index contributed by atoms with van der Waals surface area (Å²) in [4.78, 5) is 0. The van der Waals surface area contributed by atoms with E-state index in [-0.39, 0.29) is 12.4 Å². The van der Waals surface area contributed by atoms with Crippen molar-refractivity contribution in [3.8, 4) is 17.2 Å². The van der Waals surface area contributed by atoms with E-state index >= 15 is 0 Å². The van der Waals surface area contributed by atoms with Gasteiger partial charge in [0.1, 0.15) is 5.75 Å². The molecule has 0 aliphatic carbocycles. The van der Waals surface area contributed by atoms with E-state index in [2.05, 4.69) is 0 Å². The van der Waals surface area contributed by atoms with E-state index in [1.807, 2.05) is 13.8 Å². The second-order valence-corrected chi connectivity index (χ2v) is 2.95. The zero-order chi connectivity index (χ0) is 11.3. The highest BCUT2D eigenvalue weighted by atomic mass is 16.5. The summed E-state index contributed by atoms with van der Waals surface area (Å²) in [6.07, 6.45) is 0. The van der Waals surface area contributed by atoms with E-state index in [0.717, 1.165) is 0 Å². The van der Waals surface area contributed by atoms with Gasteiger partial charge >= 0.3 is 0 Å². The van der Waals surface area contributed by atoms with Gasteiger partial charge in [0, 0.05) is 11.6 Å². The van der Waals surface area contributed by atoms with E-state index in [9.17, 15) is 5.11 Å². The van der Waals surface area contributed by atoms with Crippen molar-refractivity contribution >= 4 is 0 Å². The Kier molecular flexibility index (Phi) is 4.24. The molecule has 0 saturated carbocycles. The van der Waals surface area contributed by atoms with Crippen molar-refractivity contribution in [2.75, 3.05) is 13.2 Å². The molecule has 4 heteroatoms. The topological polar surface area (TPSA) is 58.9 Å². The van der Waals surface area contributed by atoms with Crippen LogP contribution in [0.3, 0.4) is 0 Å². The van der Waals surface area contributed by atoms with E-state index in [4.69, 9.17) is 14.6 Å². The molecule has 15 heavy (non-hydrogen) atoms. The summed E-state index contributed by atoms with van der Waals surface area (Å²) in [5.41, 5.74) is 0.407. The molecule has 0 fully saturated rings. The van der Waals surface area contributed by atoms with Crippen molar-refractivity contribution in [2.24, 2.45) is 0 Å². The minimum atomic E-state index is -0.243. The van der Waals surface area contributed by atoms with Crippen LogP contribution in [0.25, 0.3) is 0 Å². The van der Waals surface area contributed by atoms with E-state index in [0.29, 0.717) is 30.3 Å². The van der Waals surface area contributed by atoms with E-state index in [1.54, 1.807) is 12.1 Å². The molecule has 0 bridgehead atoms. The second kappa shape index (κ2) is 5.46. The Balaban J connectivity index is 3.07. The lowest BCUT2D eigenvalue weighted by atomic mass is 10.2. The molecule has 0 amide bonds. The van der Waals surface area contributed by atoms with Crippen molar-refractivity contribution in [3.05, 3.63) is 17.7 Å². The van der Waals surface area contributed by atoms with Crippen LogP contribution in [0.2, 0.25) is 0 Å². The molecule has 4 nitrogen and oxygen atoms in total. The first-order chi connectivity index (χ1) is 7.22. The van der Waals surface area contributed by atoms with Crippen LogP contribution < -0.4 is 9.47 Å². The van der Waals surface area contributed by atoms with Gasteiger partial charge in [0.2, 0.25) is 0 Å². The molecule has 0 unspecified atom stereocenters. The van der Waals surface area contributed by atoms with Gasteiger partial charge in [-0.15, -0.1) is 0 Å². The molecule has 84 valence electrons. The summed E-state index contributed by atoms with van der Waals surface area (Å²) in [6, 6.07) is 3.21.